The van der Waals surface area contributed by atoms with Crippen LogP contribution in [0.3, 0.4) is 0 Å². The molecule has 0 aromatic carbocycles. The van der Waals surface area contributed by atoms with Gasteiger partial charge < -0.3 is 14.4 Å². The first-order chi connectivity index (χ1) is 11.2. The van der Waals surface area contributed by atoms with E-state index in [0.717, 1.165) is 30.7 Å². The summed E-state index contributed by atoms with van der Waals surface area (Å²) in [7, 11) is 2.53. The van der Waals surface area contributed by atoms with Gasteiger partial charge in [-0.1, -0.05) is 0 Å². The van der Waals surface area contributed by atoms with Gasteiger partial charge in [0.25, 0.3) is 0 Å². The third-order valence-corrected chi connectivity index (χ3v) is 4.75. The number of aromatic nitrogens is 3. The normalized spacial score (nSPS) is 19.0. The zero-order valence-electron chi connectivity index (χ0n) is 14.7. The molecule has 1 N–H and O–H groups in total. The molecular formula is C14H26N6O3S. The Morgan fingerprint density at radius 3 is 2.71 bits per heavy atom. The third-order valence-electron chi connectivity index (χ3n) is 4.08. The minimum Gasteiger partial charge on any atom is -0.341 e. The van der Waals surface area contributed by atoms with Crippen molar-refractivity contribution in [1.29, 1.82) is 0 Å². The Bertz CT molecular complexity index is 685. The van der Waals surface area contributed by atoms with E-state index < -0.39 is 10.0 Å². The predicted molar refractivity (Wildman–Crippen MR) is 89.8 cm³/mol. The molecule has 1 aromatic heterocycles. The number of carbonyl (C=O) groups excluding carboxylic acids is 1. The summed E-state index contributed by atoms with van der Waals surface area (Å²) in [6, 6.07) is 0. The monoisotopic (exact) mass is 358 g/mol. The number of hydrogen-bond donors (Lipinski definition) is 1. The van der Waals surface area contributed by atoms with Gasteiger partial charge in [-0.25, -0.2) is 13.1 Å². The fourth-order valence-corrected chi connectivity index (χ4v) is 3.26. The molecule has 2 heterocycles. The SMILES string of the molecule is CN(C)Cc1nnc([C@H]2CCCN(C(=O)CNS(C)(=O)=O)C2)n1C. The quantitative estimate of drug-likeness (QED) is 0.710. The highest BCUT2D eigenvalue weighted by molar-refractivity contribution is 7.88. The van der Waals surface area contributed by atoms with E-state index in [1.165, 1.54) is 0 Å². The van der Waals surface area contributed by atoms with E-state index in [2.05, 4.69) is 14.9 Å². The number of nitrogens with zero attached hydrogens (tertiary/aromatic N) is 5. The average Bonchev–Trinajstić information content (AvgIpc) is 2.85. The third kappa shape index (κ3) is 4.99. The molecule has 136 valence electrons. The molecule has 0 radical (unpaired) electrons. The minimum atomic E-state index is -3.37. The van der Waals surface area contributed by atoms with Crippen LogP contribution >= 0.6 is 0 Å². The summed E-state index contributed by atoms with van der Waals surface area (Å²) in [6.07, 6.45) is 2.85. The molecule has 0 spiro atoms. The molecule has 1 atom stereocenters. The standard InChI is InChI=1S/C14H26N6O3S/c1-18(2)10-12-16-17-14(19(12)3)11-6-5-7-20(9-11)13(21)8-15-24(4,22)23/h11,15H,5-10H2,1-4H3/t11-/m0/s1. The second-order valence-electron chi connectivity index (χ2n) is 6.54. The van der Waals surface area contributed by atoms with Crippen LogP contribution in [0.2, 0.25) is 0 Å². The first-order valence-electron chi connectivity index (χ1n) is 7.92. The van der Waals surface area contributed by atoms with Crippen molar-refractivity contribution in [2.24, 2.45) is 7.05 Å². The highest BCUT2D eigenvalue weighted by atomic mass is 32.2. The lowest BCUT2D eigenvalue weighted by atomic mass is 9.97. The number of piperidine rings is 1. The van der Waals surface area contributed by atoms with Gasteiger partial charge in [0, 0.05) is 26.1 Å². The molecule has 0 saturated carbocycles. The molecule has 0 unspecified atom stereocenters. The van der Waals surface area contributed by atoms with Crippen LogP contribution in [0.5, 0.6) is 0 Å². The van der Waals surface area contributed by atoms with E-state index in [1.807, 2.05) is 30.6 Å². The van der Waals surface area contributed by atoms with Crippen molar-refractivity contribution in [3.8, 4) is 0 Å². The molecule has 9 nitrogen and oxygen atoms in total. The van der Waals surface area contributed by atoms with E-state index in [1.54, 1.807) is 4.90 Å². The van der Waals surface area contributed by atoms with Gasteiger partial charge >= 0.3 is 0 Å². The first-order valence-corrected chi connectivity index (χ1v) is 9.82. The second-order valence-corrected chi connectivity index (χ2v) is 8.38. The Hall–Kier alpha value is -1.52. The Morgan fingerprint density at radius 1 is 1.38 bits per heavy atom. The summed E-state index contributed by atoms with van der Waals surface area (Å²) < 4.78 is 26.5. The average molecular weight is 358 g/mol. The molecule has 1 saturated heterocycles. The fraction of sp³-hybridized carbons (Fsp3) is 0.786. The number of amides is 1. The molecule has 1 fully saturated rings. The smallest absolute Gasteiger partial charge is 0.237 e. The topological polar surface area (TPSA) is 100 Å². The van der Waals surface area contributed by atoms with Gasteiger partial charge in [0.15, 0.2) is 0 Å². The summed E-state index contributed by atoms with van der Waals surface area (Å²) >= 11 is 0. The predicted octanol–water partition coefficient (Wildman–Crippen LogP) is -0.868. The maximum atomic E-state index is 12.2. The van der Waals surface area contributed by atoms with Gasteiger partial charge in [-0.2, -0.15) is 0 Å². The second kappa shape index (κ2) is 7.58. The Morgan fingerprint density at radius 2 is 2.08 bits per heavy atom. The number of likely N-dealkylation sites (tertiary alicyclic amines) is 1. The van der Waals surface area contributed by atoms with Gasteiger partial charge in [-0.05, 0) is 26.9 Å². The number of sulfonamides is 1. The Kier molecular flexibility index (Phi) is 5.94. The molecule has 10 heteroatoms. The van der Waals surface area contributed by atoms with Crippen molar-refractivity contribution >= 4 is 15.9 Å². The van der Waals surface area contributed by atoms with Crippen LogP contribution in [0.1, 0.15) is 30.4 Å². The van der Waals surface area contributed by atoms with Crippen LogP contribution < -0.4 is 4.72 Å². The zero-order valence-corrected chi connectivity index (χ0v) is 15.5. The van der Waals surface area contributed by atoms with Crippen LogP contribution in [0.15, 0.2) is 0 Å². The van der Waals surface area contributed by atoms with Crippen molar-refractivity contribution in [3.63, 3.8) is 0 Å². The van der Waals surface area contributed by atoms with E-state index in [9.17, 15) is 13.2 Å². The lowest BCUT2D eigenvalue weighted by molar-refractivity contribution is -0.131. The number of hydrogen-bond acceptors (Lipinski definition) is 6. The highest BCUT2D eigenvalue weighted by Gasteiger charge is 2.28. The molecule has 24 heavy (non-hydrogen) atoms. The Labute approximate surface area is 143 Å². The molecule has 1 aromatic rings. The van der Waals surface area contributed by atoms with Gasteiger partial charge in [-0.15, -0.1) is 10.2 Å². The largest absolute Gasteiger partial charge is 0.341 e. The van der Waals surface area contributed by atoms with Gasteiger partial charge in [0.1, 0.15) is 11.6 Å². The van der Waals surface area contributed by atoms with Gasteiger partial charge in [0.2, 0.25) is 15.9 Å². The molecule has 0 bridgehead atoms. The maximum absolute atomic E-state index is 12.2. The van der Waals surface area contributed by atoms with Crippen LogP contribution in [0.4, 0.5) is 0 Å². The van der Waals surface area contributed by atoms with Crippen molar-refractivity contribution in [3.05, 3.63) is 11.6 Å². The van der Waals surface area contributed by atoms with Crippen molar-refractivity contribution in [1.82, 2.24) is 29.3 Å². The summed E-state index contributed by atoms with van der Waals surface area (Å²) in [5.74, 6) is 1.67. The maximum Gasteiger partial charge on any atom is 0.237 e. The van der Waals surface area contributed by atoms with Crippen molar-refractivity contribution in [2.45, 2.75) is 25.3 Å². The van der Waals surface area contributed by atoms with Crippen LogP contribution in [-0.2, 0) is 28.4 Å². The zero-order chi connectivity index (χ0) is 17.9. The summed E-state index contributed by atoms with van der Waals surface area (Å²) in [5.41, 5.74) is 0. The van der Waals surface area contributed by atoms with E-state index in [4.69, 9.17) is 0 Å². The minimum absolute atomic E-state index is 0.120. The number of rotatable bonds is 6. The van der Waals surface area contributed by atoms with E-state index in [0.29, 0.717) is 19.6 Å². The van der Waals surface area contributed by atoms with Crippen molar-refractivity contribution < 1.29 is 13.2 Å². The number of carbonyl (C=O) groups is 1. The molecular weight excluding hydrogens is 332 g/mol. The molecule has 0 aliphatic carbocycles. The van der Waals surface area contributed by atoms with E-state index in [-0.39, 0.29) is 18.4 Å². The van der Waals surface area contributed by atoms with Crippen LogP contribution in [-0.4, -0.2) is 78.9 Å². The van der Waals surface area contributed by atoms with E-state index >= 15 is 0 Å². The fourth-order valence-electron chi connectivity index (χ4n) is 2.87. The molecule has 1 aliphatic rings. The lowest BCUT2D eigenvalue weighted by Crippen LogP contribution is -2.44. The summed E-state index contributed by atoms with van der Waals surface area (Å²) in [4.78, 5) is 15.9. The number of nitrogens with one attached hydrogen (secondary N) is 1. The van der Waals surface area contributed by atoms with Gasteiger partial charge in [-0.3, -0.25) is 4.79 Å². The van der Waals surface area contributed by atoms with Gasteiger partial charge in [0.05, 0.1) is 19.3 Å². The molecule has 1 aliphatic heterocycles. The van der Waals surface area contributed by atoms with Crippen LogP contribution in [0, 0.1) is 0 Å². The van der Waals surface area contributed by atoms with Crippen molar-refractivity contribution in [2.75, 3.05) is 40.0 Å². The molecule has 1 amide bonds. The first kappa shape index (κ1) is 18.8. The van der Waals surface area contributed by atoms with Crippen LogP contribution in [0.25, 0.3) is 0 Å². The highest BCUT2D eigenvalue weighted by Crippen LogP contribution is 2.25. The molecule has 2 rings (SSSR count). The summed E-state index contributed by atoms with van der Waals surface area (Å²) in [6.45, 7) is 1.69. The summed E-state index contributed by atoms with van der Waals surface area (Å²) in [5, 5.41) is 8.55. The lowest BCUT2D eigenvalue weighted by Gasteiger charge is -2.32. The Balaban J connectivity index is 2.03.